The van der Waals surface area contributed by atoms with Crippen LogP contribution in [0, 0.1) is 11.3 Å². The number of ether oxygens (including phenoxy) is 1. The van der Waals surface area contributed by atoms with E-state index in [1.54, 1.807) is 11.3 Å². The molecule has 6 rings (SSSR count). The Labute approximate surface area is 220 Å². The number of aromatic nitrogens is 2. The number of aliphatic hydroxyl groups is 1. The van der Waals surface area contributed by atoms with Crippen molar-refractivity contribution >= 4 is 34.0 Å². The van der Waals surface area contributed by atoms with Gasteiger partial charge in [0, 0.05) is 49.0 Å². The van der Waals surface area contributed by atoms with Crippen molar-refractivity contribution in [3.63, 3.8) is 0 Å². The number of carbonyl (C=O) groups is 1. The average Bonchev–Trinajstić information content (AvgIpc) is 3.41. The predicted molar refractivity (Wildman–Crippen MR) is 141 cm³/mol. The van der Waals surface area contributed by atoms with Crippen LogP contribution in [-0.2, 0) is 16.6 Å². The highest BCUT2D eigenvalue weighted by Gasteiger charge is 2.50. The molecule has 0 unspecified atom stereocenters. The smallest absolute Gasteiger partial charge is 0.230 e. The number of nitrogen functional groups attached to an aromatic ring is 1. The van der Waals surface area contributed by atoms with E-state index in [9.17, 15) is 15.2 Å². The molecule has 196 valence electrons. The van der Waals surface area contributed by atoms with Gasteiger partial charge in [-0.3, -0.25) is 4.79 Å². The summed E-state index contributed by atoms with van der Waals surface area (Å²) < 4.78 is 6.07. The third kappa shape index (κ3) is 4.46. The molecule has 2 aromatic rings. The van der Waals surface area contributed by atoms with E-state index in [4.69, 9.17) is 20.4 Å². The van der Waals surface area contributed by atoms with E-state index in [1.807, 2.05) is 13.0 Å². The minimum atomic E-state index is -0.773. The number of β-amino-alcohol motifs (C(OH)–C–C–N with tert-alkyl or cyclic N) is 1. The van der Waals surface area contributed by atoms with Crippen molar-refractivity contribution < 1.29 is 14.6 Å². The van der Waals surface area contributed by atoms with Gasteiger partial charge in [-0.25, -0.2) is 0 Å². The first-order valence-corrected chi connectivity index (χ1v) is 13.9. The van der Waals surface area contributed by atoms with Gasteiger partial charge < -0.3 is 30.7 Å². The lowest BCUT2D eigenvalue weighted by Crippen LogP contribution is -2.61. The highest BCUT2D eigenvalue weighted by molar-refractivity contribution is 7.16. The molecule has 3 saturated heterocycles. The zero-order valence-electron chi connectivity index (χ0n) is 21.1. The van der Waals surface area contributed by atoms with Gasteiger partial charge >= 0.3 is 0 Å². The van der Waals surface area contributed by atoms with E-state index in [2.05, 4.69) is 21.2 Å². The summed E-state index contributed by atoms with van der Waals surface area (Å²) in [5.74, 6) is 1.84. The molecule has 2 aromatic heterocycles. The van der Waals surface area contributed by atoms with Gasteiger partial charge in [0.2, 0.25) is 17.7 Å². The monoisotopic (exact) mass is 523 g/mol. The highest BCUT2D eigenvalue weighted by atomic mass is 32.1. The highest BCUT2D eigenvalue weighted by Crippen LogP contribution is 2.50. The molecule has 10 nitrogen and oxygen atoms in total. The molecule has 3 fully saturated rings. The number of piperidine rings is 1. The van der Waals surface area contributed by atoms with Crippen LogP contribution in [0.15, 0.2) is 6.07 Å². The fraction of sp³-hybridized carbons (Fsp3) is 0.615. The number of carbonyl (C=O) groups excluding carboxylic acids is 1. The van der Waals surface area contributed by atoms with Crippen LogP contribution in [0.25, 0.3) is 0 Å². The Morgan fingerprint density at radius 2 is 2.11 bits per heavy atom. The minimum Gasteiger partial charge on any atom is -0.475 e. The Kier molecular flexibility index (Phi) is 5.92. The maximum atomic E-state index is 11.6. The molecule has 0 bridgehead atoms. The molecule has 11 heteroatoms. The van der Waals surface area contributed by atoms with Crippen LogP contribution in [0.1, 0.15) is 61.5 Å². The van der Waals surface area contributed by atoms with Gasteiger partial charge in [0.15, 0.2) is 0 Å². The molecule has 3 aliphatic heterocycles. The first-order chi connectivity index (χ1) is 17.7. The molecule has 0 aromatic carbocycles. The summed E-state index contributed by atoms with van der Waals surface area (Å²) in [5, 5.41) is 24.0. The number of nitriles is 1. The first-order valence-electron chi connectivity index (χ1n) is 13.1. The second-order valence-electron chi connectivity index (χ2n) is 11.2. The second kappa shape index (κ2) is 9.03. The molecule has 0 saturated carbocycles. The number of nitrogens with one attached hydrogen (secondary N) is 1. The molecule has 1 spiro atoms. The Balaban J connectivity index is 1.27. The van der Waals surface area contributed by atoms with Gasteiger partial charge in [-0.1, -0.05) is 0 Å². The Morgan fingerprint density at radius 1 is 1.27 bits per heavy atom. The van der Waals surface area contributed by atoms with E-state index in [0.717, 1.165) is 69.5 Å². The number of fused-ring (bicyclic) bond motifs is 2. The van der Waals surface area contributed by atoms with E-state index in [-0.39, 0.29) is 17.4 Å². The van der Waals surface area contributed by atoms with Crippen LogP contribution >= 0.6 is 11.3 Å². The van der Waals surface area contributed by atoms with Crippen LogP contribution in [0.5, 0.6) is 5.88 Å². The van der Waals surface area contributed by atoms with Crippen LogP contribution in [0.4, 0.5) is 16.8 Å². The predicted octanol–water partition coefficient (Wildman–Crippen LogP) is 2.09. The third-order valence-electron chi connectivity index (χ3n) is 8.17. The number of aryl methyl sites for hydroxylation is 1. The lowest BCUT2D eigenvalue weighted by atomic mass is 9.66. The molecule has 0 radical (unpaired) electrons. The maximum Gasteiger partial charge on any atom is 0.230 e. The number of nitrogens with zero attached hydrogens (tertiary/aromatic N) is 5. The summed E-state index contributed by atoms with van der Waals surface area (Å²) in [6.45, 7) is 4.97. The number of thiophene rings is 1. The topological polar surface area (TPSA) is 141 Å². The molecule has 4 N–H and O–H groups in total. The van der Waals surface area contributed by atoms with Gasteiger partial charge in [0.1, 0.15) is 23.5 Å². The lowest BCUT2D eigenvalue weighted by Gasteiger charge is -2.52. The second-order valence-corrected chi connectivity index (χ2v) is 12.4. The Bertz CT molecular complexity index is 1260. The third-order valence-corrected chi connectivity index (χ3v) is 9.25. The van der Waals surface area contributed by atoms with Crippen LogP contribution in [0.3, 0.4) is 0 Å². The van der Waals surface area contributed by atoms with Crippen molar-refractivity contribution in [2.24, 2.45) is 0 Å². The van der Waals surface area contributed by atoms with E-state index in [1.165, 1.54) is 4.88 Å². The SMILES string of the molecule is C[C@@]1(O)CCCN(c2cc(OC[C@@H]3CCC(=O)N3)nc(N3CC4(CCCc5sc(N)c(C#N)c54)C3)n2)C1. The molecule has 2 atom stereocenters. The number of rotatable bonds is 5. The standard InChI is InChI=1S/C26H33N7O3S/c1-25(35)7-3-9-32(13-25)19-10-21(36-12-16-5-6-20(34)29-16)31-24(30-19)33-14-26(15-33)8-2-4-18-22(26)17(11-27)23(28)37-18/h10,16,35H,2-9,12-15,28H2,1H3,(H,29,34)/t16-,25+/m0/s1. The Morgan fingerprint density at radius 3 is 2.84 bits per heavy atom. The molecular weight excluding hydrogens is 490 g/mol. The van der Waals surface area contributed by atoms with E-state index >= 15 is 0 Å². The summed E-state index contributed by atoms with van der Waals surface area (Å²) in [6, 6.07) is 4.17. The summed E-state index contributed by atoms with van der Waals surface area (Å²) in [6.07, 6.45) is 5.98. The van der Waals surface area contributed by atoms with Crippen molar-refractivity contribution in [3.05, 3.63) is 22.1 Å². The van der Waals surface area contributed by atoms with Crippen molar-refractivity contribution in [2.75, 3.05) is 48.3 Å². The van der Waals surface area contributed by atoms with E-state index < -0.39 is 5.60 Å². The van der Waals surface area contributed by atoms with Gasteiger partial charge in [-0.15, -0.1) is 11.3 Å². The lowest BCUT2D eigenvalue weighted by molar-refractivity contribution is -0.119. The first kappa shape index (κ1) is 24.2. The summed E-state index contributed by atoms with van der Waals surface area (Å²) in [4.78, 5) is 26.8. The molecular formula is C26H33N7O3S. The Hall–Kier alpha value is -3.10. The molecule has 4 aliphatic rings. The summed E-state index contributed by atoms with van der Waals surface area (Å²) >= 11 is 1.56. The van der Waals surface area contributed by atoms with Crippen molar-refractivity contribution in [2.45, 2.75) is 68.9 Å². The normalized spacial score (nSPS) is 26.4. The zero-order valence-corrected chi connectivity index (χ0v) is 21.9. The zero-order chi connectivity index (χ0) is 25.8. The number of anilines is 3. The molecule has 37 heavy (non-hydrogen) atoms. The summed E-state index contributed by atoms with van der Waals surface area (Å²) in [7, 11) is 0. The van der Waals surface area contributed by atoms with Gasteiger partial charge in [0.25, 0.3) is 0 Å². The molecule has 1 aliphatic carbocycles. The van der Waals surface area contributed by atoms with Crippen LogP contribution < -0.4 is 25.6 Å². The maximum absolute atomic E-state index is 11.6. The minimum absolute atomic E-state index is 0.0218. The van der Waals surface area contributed by atoms with Gasteiger partial charge in [0.05, 0.1) is 17.2 Å². The number of nitrogens with two attached hydrogens (primary N) is 1. The van der Waals surface area contributed by atoms with E-state index in [0.29, 0.717) is 42.0 Å². The number of amides is 1. The number of hydrogen-bond acceptors (Lipinski definition) is 10. The van der Waals surface area contributed by atoms with Gasteiger partial charge in [-0.2, -0.15) is 15.2 Å². The van der Waals surface area contributed by atoms with Gasteiger partial charge in [-0.05, 0) is 51.0 Å². The quantitative estimate of drug-likeness (QED) is 0.537. The van der Waals surface area contributed by atoms with Crippen molar-refractivity contribution in [1.29, 1.82) is 5.26 Å². The van der Waals surface area contributed by atoms with Crippen LogP contribution in [-0.4, -0.2) is 65.4 Å². The fourth-order valence-corrected chi connectivity index (χ4v) is 7.56. The van der Waals surface area contributed by atoms with Crippen molar-refractivity contribution in [3.8, 4) is 11.9 Å². The van der Waals surface area contributed by atoms with Crippen molar-refractivity contribution in [1.82, 2.24) is 15.3 Å². The number of hydrogen-bond donors (Lipinski definition) is 3. The van der Waals surface area contributed by atoms with Crippen LogP contribution in [0.2, 0.25) is 0 Å². The fourth-order valence-electron chi connectivity index (χ4n) is 6.38. The molecule has 1 amide bonds. The molecule has 5 heterocycles. The largest absolute Gasteiger partial charge is 0.475 e. The average molecular weight is 524 g/mol. The summed E-state index contributed by atoms with van der Waals surface area (Å²) in [5.41, 5.74) is 7.11.